The lowest BCUT2D eigenvalue weighted by Crippen LogP contribution is -2.61. The molecule has 2 aliphatic rings. The van der Waals surface area contributed by atoms with E-state index in [9.17, 15) is 34.8 Å². The highest BCUT2D eigenvalue weighted by Crippen LogP contribution is 2.41. The van der Waals surface area contributed by atoms with Gasteiger partial charge in [-0.25, -0.2) is 4.68 Å². The van der Waals surface area contributed by atoms with Gasteiger partial charge in [-0.1, -0.05) is 58.0 Å². The van der Waals surface area contributed by atoms with Gasteiger partial charge in [0.1, 0.15) is 24.1 Å². The van der Waals surface area contributed by atoms with Crippen LogP contribution in [0, 0.1) is 30.6 Å². The van der Waals surface area contributed by atoms with Crippen LogP contribution in [0.5, 0.6) is 0 Å². The molecule has 1 aromatic carbocycles. The predicted molar refractivity (Wildman–Crippen MR) is 271 cm³/mol. The molecular weight excluding hydrogens is 943 g/mol. The maximum absolute atomic E-state index is 14.2. The Kier molecular flexibility index (Phi) is 21.5. The number of ether oxygens (including phenoxy) is 7. The van der Waals surface area contributed by atoms with Crippen molar-refractivity contribution in [2.45, 2.75) is 200 Å². The van der Waals surface area contributed by atoms with E-state index in [2.05, 4.69) is 10.3 Å². The number of ketones is 1. The van der Waals surface area contributed by atoms with Crippen LogP contribution in [0.1, 0.15) is 118 Å². The van der Waals surface area contributed by atoms with Crippen molar-refractivity contribution in [3.05, 3.63) is 76.0 Å². The second-order valence-electron chi connectivity index (χ2n) is 21.2. The number of aryl methyl sites for hydroxylation is 1. The number of hydrogen-bond acceptors (Lipinski definition) is 17. The van der Waals surface area contributed by atoms with Crippen LogP contribution >= 0.6 is 0 Å². The fraction of sp³-hybridized carbons (Fsp3) is 0.722. The molecule has 73 heavy (non-hydrogen) atoms. The minimum absolute atomic E-state index is 0.0538. The van der Waals surface area contributed by atoms with Crippen LogP contribution in [-0.2, 0) is 55.8 Å². The Bertz CT molecular complexity index is 2280. The molecule has 4 heterocycles. The Morgan fingerprint density at radius 1 is 0.986 bits per heavy atom. The quantitative estimate of drug-likeness (QED) is 0.0795. The van der Waals surface area contributed by atoms with E-state index < -0.39 is 109 Å². The van der Waals surface area contributed by atoms with Crippen LogP contribution in [0.3, 0.4) is 0 Å². The number of likely N-dealkylation sites (N-methyl/N-ethyl adjacent to an activating group) is 1. The van der Waals surface area contributed by atoms with Crippen LogP contribution in [0.4, 0.5) is 0 Å². The normalized spacial score (nSPS) is 27.4. The lowest BCUT2D eigenvalue weighted by atomic mass is 9.75. The van der Waals surface area contributed by atoms with Gasteiger partial charge in [0.15, 0.2) is 12.6 Å². The van der Waals surface area contributed by atoms with Gasteiger partial charge in [0, 0.05) is 68.9 Å². The molecule has 2 saturated heterocycles. The first-order valence-electron chi connectivity index (χ1n) is 25.9. The molecule has 3 unspecified atom stereocenters. The van der Waals surface area contributed by atoms with Crippen molar-refractivity contribution < 1.29 is 63.2 Å². The number of carbonyl (C=O) groups excluding carboxylic acids is 2. The zero-order chi connectivity index (χ0) is 54.1. The number of carbonyl (C=O) groups is 2. The minimum atomic E-state index is -1.35. The van der Waals surface area contributed by atoms with E-state index in [0.717, 1.165) is 16.8 Å². The maximum atomic E-state index is 14.2. The van der Waals surface area contributed by atoms with Gasteiger partial charge in [-0.05, 0) is 97.5 Å². The Morgan fingerprint density at radius 2 is 1.66 bits per heavy atom. The number of aliphatic hydroxyl groups excluding tert-OH is 4. The number of benzene rings is 1. The molecule has 19 nitrogen and oxygen atoms in total. The Balaban J connectivity index is 1.45. The van der Waals surface area contributed by atoms with E-state index >= 15 is 0 Å². The topological polar surface area (TPSA) is 236 Å². The molecule has 19 heteroatoms. The molecule has 0 aliphatic carbocycles. The van der Waals surface area contributed by atoms with Crippen LogP contribution < -0.4 is 5.56 Å². The van der Waals surface area contributed by atoms with Crippen molar-refractivity contribution in [3.8, 4) is 5.69 Å². The standard InChI is InChI=1S/C54H85N5O14/c1-15-41(16-2)71-51(66)36(8)48(72-45-25-53(10,67-13)49(65)37(9)70-45)35(7)50(54(11,68-14)24-32(4)46(63)34(6)43(61)30-60)73-52-47(64)42(23-33(5)69-52)57(12)28-39-29-58(56-55-39)27-38-18-20-40(21-19-38)59-26-31(3)17-22-44(59)62/h17-22,26,29,32-37,41-43,45,47-50,52,60-61,64-65H,15-16,23-25,27-28,30H2,1-14H3/t32-,33-,34?,35+,36-,37+,42+,43+,45?,47-,48-,49+,50-,52?,53-,54+/m1/s1. The molecule has 5 rings (SSSR count). The summed E-state index contributed by atoms with van der Waals surface area (Å²) in [5, 5.41) is 52.5. The molecule has 0 saturated carbocycles. The van der Waals surface area contributed by atoms with E-state index in [-0.39, 0.29) is 30.3 Å². The number of esters is 1. The van der Waals surface area contributed by atoms with E-state index in [1.165, 1.54) is 14.2 Å². The van der Waals surface area contributed by atoms with Crippen molar-refractivity contribution in [3.63, 3.8) is 0 Å². The van der Waals surface area contributed by atoms with Crippen LogP contribution in [0.2, 0.25) is 0 Å². The summed E-state index contributed by atoms with van der Waals surface area (Å²) < 4.78 is 48.2. The summed E-state index contributed by atoms with van der Waals surface area (Å²) in [6.07, 6.45) is -3.74. The smallest absolute Gasteiger partial charge is 0.311 e. The Morgan fingerprint density at radius 3 is 2.27 bits per heavy atom. The highest BCUT2D eigenvalue weighted by Gasteiger charge is 2.52. The Hall–Kier alpha value is -3.99. The van der Waals surface area contributed by atoms with E-state index in [4.69, 9.17) is 33.2 Å². The zero-order valence-corrected chi connectivity index (χ0v) is 45.5. The number of pyridine rings is 1. The van der Waals surface area contributed by atoms with Gasteiger partial charge in [-0.3, -0.25) is 23.9 Å². The van der Waals surface area contributed by atoms with E-state index in [1.54, 1.807) is 69.1 Å². The van der Waals surface area contributed by atoms with Gasteiger partial charge in [0.05, 0.1) is 72.7 Å². The van der Waals surface area contributed by atoms with Crippen molar-refractivity contribution in [2.75, 3.05) is 27.9 Å². The zero-order valence-electron chi connectivity index (χ0n) is 45.5. The average molecular weight is 1030 g/mol. The summed E-state index contributed by atoms with van der Waals surface area (Å²) in [4.78, 5) is 42.5. The molecule has 2 aliphatic heterocycles. The molecule has 3 aromatic rings. The number of aromatic nitrogens is 4. The average Bonchev–Trinajstić information content (AvgIpc) is 3.81. The predicted octanol–water partition coefficient (Wildman–Crippen LogP) is 4.75. The van der Waals surface area contributed by atoms with Crippen LogP contribution in [0.15, 0.2) is 53.6 Å². The first kappa shape index (κ1) is 59.9. The lowest BCUT2D eigenvalue weighted by molar-refractivity contribution is -0.319. The van der Waals surface area contributed by atoms with Gasteiger partial charge in [0.2, 0.25) is 0 Å². The first-order valence-corrected chi connectivity index (χ1v) is 25.9. The second-order valence-corrected chi connectivity index (χ2v) is 21.2. The third kappa shape index (κ3) is 14.7. The minimum Gasteiger partial charge on any atom is -0.462 e. The summed E-state index contributed by atoms with van der Waals surface area (Å²) in [6, 6.07) is 10.5. The van der Waals surface area contributed by atoms with E-state index in [0.29, 0.717) is 38.0 Å². The monoisotopic (exact) mass is 1030 g/mol. The fourth-order valence-electron chi connectivity index (χ4n) is 10.5. The van der Waals surface area contributed by atoms with Gasteiger partial charge in [0.25, 0.3) is 5.56 Å². The number of aliphatic hydroxyl groups is 4. The van der Waals surface area contributed by atoms with E-state index in [1.807, 2.05) is 77.0 Å². The number of nitrogens with zero attached hydrogens (tertiary/aromatic N) is 5. The van der Waals surface area contributed by atoms with Crippen LogP contribution in [-0.4, -0.2) is 163 Å². The third-order valence-electron chi connectivity index (χ3n) is 15.4. The largest absolute Gasteiger partial charge is 0.462 e. The summed E-state index contributed by atoms with van der Waals surface area (Å²) in [6.45, 7) is 20.0. The van der Waals surface area contributed by atoms with Gasteiger partial charge in [-0.15, -0.1) is 5.10 Å². The maximum Gasteiger partial charge on any atom is 0.311 e. The first-order chi connectivity index (χ1) is 34.4. The summed E-state index contributed by atoms with van der Waals surface area (Å²) in [5.74, 6) is -4.13. The van der Waals surface area contributed by atoms with Crippen molar-refractivity contribution in [1.82, 2.24) is 24.5 Å². The summed E-state index contributed by atoms with van der Waals surface area (Å²) in [5.41, 5.74) is 0.841. The molecule has 0 radical (unpaired) electrons. The van der Waals surface area contributed by atoms with Gasteiger partial charge < -0.3 is 53.6 Å². The summed E-state index contributed by atoms with van der Waals surface area (Å²) >= 11 is 0. The molecule has 0 amide bonds. The highest BCUT2D eigenvalue weighted by molar-refractivity contribution is 5.83. The molecule has 2 aromatic heterocycles. The molecule has 0 bridgehead atoms. The van der Waals surface area contributed by atoms with Crippen molar-refractivity contribution in [1.29, 1.82) is 0 Å². The fourth-order valence-corrected chi connectivity index (χ4v) is 10.5. The second kappa shape index (κ2) is 26.2. The number of Topliss-reactive ketones (excluding diaryl/α,β-unsaturated/α-hetero) is 1. The molecule has 0 spiro atoms. The third-order valence-corrected chi connectivity index (χ3v) is 15.4. The highest BCUT2D eigenvalue weighted by atomic mass is 16.7. The molecule has 16 atom stereocenters. The number of rotatable bonds is 26. The summed E-state index contributed by atoms with van der Waals surface area (Å²) in [7, 11) is 4.89. The number of methoxy groups -OCH3 is 2. The molecule has 410 valence electrons. The number of hydrogen-bond donors (Lipinski definition) is 4. The van der Waals surface area contributed by atoms with Crippen LogP contribution in [0.25, 0.3) is 5.69 Å². The SMILES string of the molecule is CCC(CC)OC(=O)[C@H](C)[C@H](OC1C[C@@](C)(OC)[C@@H](O)[C@H](C)O1)[C@H](C)[C@@H](OC1O[C@H](C)C[C@H](N(C)Cc2cn(Cc3ccc(-n4cc(C)ccc4=O)cc3)nn2)[C@H]1O)[C@](C)(C[C@@H](C)C(=O)C(C)[C@@H](O)CO)OC. The van der Waals surface area contributed by atoms with Gasteiger partial charge >= 0.3 is 5.97 Å². The molecule has 4 N–H and O–H groups in total. The molecule has 2 fully saturated rings. The van der Waals surface area contributed by atoms with Crippen molar-refractivity contribution in [2.24, 2.45) is 23.7 Å². The van der Waals surface area contributed by atoms with Crippen molar-refractivity contribution >= 4 is 11.8 Å². The van der Waals surface area contributed by atoms with Gasteiger partial charge in [-0.2, -0.15) is 0 Å². The lowest BCUT2D eigenvalue weighted by Gasteiger charge is -2.49. The molecular formula is C54H85N5O14. The Labute approximate surface area is 431 Å².